The maximum atomic E-state index is 10.1. The van der Waals surface area contributed by atoms with E-state index in [0.29, 0.717) is 9.75 Å². The highest BCUT2D eigenvalue weighted by Crippen LogP contribution is 2.33. The standard InChI is InChI=1S/C22H24O10S2/c23-7-14-18(27)20(29)16(25)12(31-14)3-1-10-5-9-6-11(34-22(9)33-10)2-4-13-17(26)21(30)19(28)15(8-24)32-13/h5-6,12-21,23-30H,7-8H2/t12-,13-,14-,15-,16-,17-,18-,19-,20-,21-/m1/s1. The van der Waals surface area contributed by atoms with Gasteiger partial charge in [-0.25, -0.2) is 0 Å². The summed E-state index contributed by atoms with van der Waals surface area (Å²) in [7, 11) is 0. The smallest absolute Gasteiger partial charge is 0.147 e. The first kappa shape index (κ1) is 25.5. The Kier molecular flexibility index (Phi) is 7.91. The average molecular weight is 513 g/mol. The van der Waals surface area contributed by atoms with Crippen LogP contribution in [0.1, 0.15) is 9.75 Å². The molecule has 10 nitrogen and oxygen atoms in total. The molecule has 0 unspecified atom stereocenters. The van der Waals surface area contributed by atoms with Gasteiger partial charge in [-0.1, -0.05) is 23.7 Å². The Labute approximate surface area is 202 Å². The number of hydrogen-bond donors (Lipinski definition) is 8. The Bertz CT molecular complexity index is 1000. The molecule has 2 aromatic heterocycles. The zero-order valence-electron chi connectivity index (χ0n) is 17.6. The third-order valence-electron chi connectivity index (χ3n) is 5.67. The molecular weight excluding hydrogens is 488 g/mol. The van der Waals surface area contributed by atoms with Gasteiger partial charge in [0.2, 0.25) is 0 Å². The van der Waals surface area contributed by atoms with Crippen LogP contribution in [0.2, 0.25) is 0 Å². The Morgan fingerprint density at radius 3 is 1.41 bits per heavy atom. The lowest BCUT2D eigenvalue weighted by Crippen LogP contribution is -2.58. The van der Waals surface area contributed by atoms with E-state index >= 15 is 0 Å². The number of aliphatic hydroxyl groups excluding tert-OH is 8. The lowest BCUT2D eigenvalue weighted by atomic mass is 9.95. The van der Waals surface area contributed by atoms with Gasteiger partial charge in [0.1, 0.15) is 61.0 Å². The second-order valence-electron chi connectivity index (χ2n) is 8.00. The summed E-state index contributed by atoms with van der Waals surface area (Å²) in [6.07, 6.45) is -12.9. The minimum atomic E-state index is -1.48. The quantitative estimate of drug-likeness (QED) is 0.198. The Balaban J connectivity index is 1.47. The maximum absolute atomic E-state index is 10.1. The van der Waals surface area contributed by atoms with Crippen molar-refractivity contribution in [3.8, 4) is 23.7 Å². The van der Waals surface area contributed by atoms with Gasteiger partial charge in [0.15, 0.2) is 0 Å². The number of thiophene rings is 2. The normalized spacial score (nSPS) is 38.1. The van der Waals surface area contributed by atoms with Crippen molar-refractivity contribution < 1.29 is 50.3 Å². The monoisotopic (exact) mass is 512 g/mol. The number of aliphatic hydroxyl groups is 8. The van der Waals surface area contributed by atoms with E-state index in [-0.39, 0.29) is 0 Å². The molecule has 0 aromatic carbocycles. The summed E-state index contributed by atoms with van der Waals surface area (Å²) in [4.78, 5) is 1.35. The van der Waals surface area contributed by atoms with Crippen molar-refractivity contribution in [3.05, 3.63) is 21.9 Å². The van der Waals surface area contributed by atoms with Crippen LogP contribution in [0.15, 0.2) is 12.1 Å². The molecule has 2 saturated heterocycles. The van der Waals surface area contributed by atoms with E-state index in [4.69, 9.17) is 9.47 Å². The molecule has 10 atom stereocenters. The number of rotatable bonds is 2. The van der Waals surface area contributed by atoms with Crippen LogP contribution in [0.5, 0.6) is 0 Å². The van der Waals surface area contributed by atoms with Crippen LogP contribution in [0, 0.1) is 23.7 Å². The zero-order chi connectivity index (χ0) is 24.6. The van der Waals surface area contributed by atoms with Gasteiger partial charge in [0, 0.05) is 5.39 Å². The summed E-state index contributed by atoms with van der Waals surface area (Å²) in [6.45, 7) is -1.05. The molecule has 0 saturated carbocycles. The molecule has 0 aliphatic carbocycles. The van der Waals surface area contributed by atoms with Gasteiger partial charge in [-0.15, -0.1) is 22.7 Å². The van der Waals surface area contributed by atoms with Crippen LogP contribution in [0.3, 0.4) is 0 Å². The highest BCUT2D eigenvalue weighted by molar-refractivity contribution is 7.38. The summed E-state index contributed by atoms with van der Waals surface area (Å²) in [5, 5.41) is 79.0. The number of ether oxygens (including phenoxy) is 2. The van der Waals surface area contributed by atoms with Crippen molar-refractivity contribution in [1.29, 1.82) is 0 Å². The molecule has 184 valence electrons. The van der Waals surface area contributed by atoms with Crippen LogP contribution >= 0.6 is 22.7 Å². The second kappa shape index (κ2) is 10.6. The topological polar surface area (TPSA) is 180 Å². The fourth-order valence-electron chi connectivity index (χ4n) is 3.69. The van der Waals surface area contributed by atoms with Crippen molar-refractivity contribution in [2.45, 2.75) is 61.0 Å². The highest BCUT2D eigenvalue weighted by atomic mass is 32.2. The van der Waals surface area contributed by atoms with E-state index in [0.717, 1.165) is 9.40 Å². The van der Waals surface area contributed by atoms with E-state index < -0.39 is 74.3 Å². The largest absolute Gasteiger partial charge is 0.394 e. The molecule has 0 spiro atoms. The molecule has 2 aliphatic heterocycles. The van der Waals surface area contributed by atoms with Crippen molar-refractivity contribution in [2.75, 3.05) is 13.2 Å². The molecule has 0 amide bonds. The lowest BCUT2D eigenvalue weighted by Gasteiger charge is -2.37. The Morgan fingerprint density at radius 2 is 1.06 bits per heavy atom. The molecular formula is C22H24O10S2. The summed E-state index contributed by atoms with van der Waals surface area (Å²) in [5.41, 5.74) is 0. The first-order chi connectivity index (χ1) is 16.2. The van der Waals surface area contributed by atoms with Crippen LogP contribution in [0.4, 0.5) is 0 Å². The van der Waals surface area contributed by atoms with Gasteiger partial charge in [-0.05, 0) is 12.1 Å². The predicted octanol–water partition coefficient (Wildman–Crippen LogP) is -2.65. The Hall–Kier alpha value is -1.62. The summed E-state index contributed by atoms with van der Waals surface area (Å²) in [6, 6.07) is 3.62. The van der Waals surface area contributed by atoms with Crippen molar-refractivity contribution >= 4 is 32.1 Å². The van der Waals surface area contributed by atoms with Crippen molar-refractivity contribution in [3.63, 3.8) is 0 Å². The van der Waals surface area contributed by atoms with E-state index in [1.165, 1.54) is 22.7 Å². The van der Waals surface area contributed by atoms with Gasteiger partial charge in [0.05, 0.1) is 27.0 Å². The third kappa shape index (κ3) is 5.01. The number of fused-ring (bicyclic) bond motifs is 1. The molecule has 2 aromatic rings. The van der Waals surface area contributed by atoms with Gasteiger partial charge in [-0.3, -0.25) is 0 Å². The van der Waals surface area contributed by atoms with Crippen LogP contribution in [-0.2, 0) is 9.47 Å². The highest BCUT2D eigenvalue weighted by Gasteiger charge is 2.43. The maximum Gasteiger partial charge on any atom is 0.147 e. The van der Waals surface area contributed by atoms with Crippen LogP contribution in [0.25, 0.3) is 9.40 Å². The third-order valence-corrected chi connectivity index (χ3v) is 7.90. The van der Waals surface area contributed by atoms with Crippen molar-refractivity contribution in [1.82, 2.24) is 0 Å². The van der Waals surface area contributed by atoms with Gasteiger partial charge >= 0.3 is 0 Å². The van der Waals surface area contributed by atoms with E-state index in [2.05, 4.69) is 23.7 Å². The molecule has 8 N–H and O–H groups in total. The minimum Gasteiger partial charge on any atom is -0.394 e. The fourth-order valence-corrected chi connectivity index (χ4v) is 5.86. The van der Waals surface area contributed by atoms with Crippen molar-refractivity contribution in [2.24, 2.45) is 0 Å². The van der Waals surface area contributed by atoms with Gasteiger partial charge in [0.25, 0.3) is 0 Å². The van der Waals surface area contributed by atoms with Gasteiger partial charge in [-0.2, -0.15) is 0 Å². The van der Waals surface area contributed by atoms with E-state index in [9.17, 15) is 40.9 Å². The molecule has 34 heavy (non-hydrogen) atoms. The molecule has 4 heterocycles. The van der Waals surface area contributed by atoms with Crippen LogP contribution in [-0.4, -0.2) is 115 Å². The molecule has 0 bridgehead atoms. The molecule has 2 aliphatic rings. The fraction of sp³-hybridized carbons (Fsp3) is 0.545. The molecule has 12 heteroatoms. The number of hydrogen-bond acceptors (Lipinski definition) is 12. The average Bonchev–Trinajstić information content (AvgIpc) is 3.38. The first-order valence-electron chi connectivity index (χ1n) is 10.4. The summed E-state index contributed by atoms with van der Waals surface area (Å²) >= 11 is 2.75. The van der Waals surface area contributed by atoms with E-state index in [1.807, 2.05) is 12.1 Å². The zero-order valence-corrected chi connectivity index (χ0v) is 19.2. The van der Waals surface area contributed by atoms with Gasteiger partial charge < -0.3 is 50.3 Å². The lowest BCUT2D eigenvalue weighted by molar-refractivity contribution is -0.214. The first-order valence-corrected chi connectivity index (χ1v) is 12.0. The summed E-state index contributed by atoms with van der Waals surface area (Å²) < 4.78 is 11.7. The van der Waals surface area contributed by atoms with Crippen LogP contribution < -0.4 is 0 Å². The second-order valence-corrected chi connectivity index (χ2v) is 10.4. The minimum absolute atomic E-state index is 0.523. The molecule has 4 rings (SSSR count). The summed E-state index contributed by atoms with van der Waals surface area (Å²) in [5.74, 6) is 11.2. The Morgan fingerprint density at radius 1 is 0.647 bits per heavy atom. The molecule has 0 radical (unpaired) electrons. The molecule has 2 fully saturated rings. The SMILES string of the molecule is OC[C@H]1O[C@H](C#Cc2cc3cc(C#C[C@H]4O[C@H](CO)[C@@H](O)[C@H](O)[C@@H]4O)sc3s2)[C@@H](O)[C@@H](O)[C@@H]1O. The van der Waals surface area contributed by atoms with E-state index in [1.54, 1.807) is 0 Å². The predicted molar refractivity (Wildman–Crippen MR) is 121 cm³/mol.